The largest absolute Gasteiger partial charge is 0.357 e. The average Bonchev–Trinajstić information content (AvgIpc) is 3.18. The number of hydrogen-bond donors (Lipinski definition) is 2. The smallest absolute Gasteiger partial charge is 0.191 e. The van der Waals surface area contributed by atoms with Crippen molar-refractivity contribution in [3.63, 3.8) is 0 Å². The van der Waals surface area contributed by atoms with Gasteiger partial charge in [0.25, 0.3) is 0 Å². The van der Waals surface area contributed by atoms with Crippen molar-refractivity contribution in [3.05, 3.63) is 53.9 Å². The summed E-state index contributed by atoms with van der Waals surface area (Å²) >= 11 is 0. The molecule has 0 bridgehead atoms. The molecule has 1 aliphatic heterocycles. The number of rotatable bonds is 10. The molecule has 0 amide bonds. The molecule has 0 radical (unpaired) electrons. The van der Waals surface area contributed by atoms with Gasteiger partial charge in [0.15, 0.2) is 5.96 Å². The lowest BCUT2D eigenvalue weighted by atomic mass is 10.2. The van der Waals surface area contributed by atoms with Crippen LogP contribution in [-0.4, -0.2) is 71.4 Å². The summed E-state index contributed by atoms with van der Waals surface area (Å²) in [6.07, 6.45) is 4.18. The highest BCUT2D eigenvalue weighted by Gasteiger charge is 2.16. The van der Waals surface area contributed by atoms with Crippen molar-refractivity contribution in [3.8, 4) is 0 Å². The summed E-state index contributed by atoms with van der Waals surface area (Å²) < 4.78 is 1.87. The first-order valence-corrected chi connectivity index (χ1v) is 11.2. The Labute approximate surface area is 181 Å². The Bertz CT molecular complexity index is 748. The number of nitrogens with zero attached hydrogens (tertiary/aromatic N) is 5. The van der Waals surface area contributed by atoms with Crippen LogP contribution in [0.2, 0.25) is 0 Å². The number of aryl methyl sites for hydroxylation is 1. The second-order valence-corrected chi connectivity index (χ2v) is 7.88. The van der Waals surface area contributed by atoms with Gasteiger partial charge in [0.1, 0.15) is 0 Å². The molecule has 30 heavy (non-hydrogen) atoms. The van der Waals surface area contributed by atoms with Gasteiger partial charge in [-0.25, -0.2) is 4.99 Å². The van der Waals surface area contributed by atoms with Crippen LogP contribution in [-0.2, 0) is 20.1 Å². The van der Waals surface area contributed by atoms with E-state index >= 15 is 0 Å². The Morgan fingerprint density at radius 1 is 1.00 bits per heavy atom. The van der Waals surface area contributed by atoms with E-state index in [-0.39, 0.29) is 0 Å². The number of piperazine rings is 1. The van der Waals surface area contributed by atoms with Crippen molar-refractivity contribution in [2.75, 3.05) is 45.8 Å². The van der Waals surface area contributed by atoms with Gasteiger partial charge in [-0.2, -0.15) is 5.10 Å². The van der Waals surface area contributed by atoms with E-state index < -0.39 is 0 Å². The average molecular weight is 412 g/mol. The summed E-state index contributed by atoms with van der Waals surface area (Å²) in [4.78, 5) is 9.83. The first kappa shape index (κ1) is 22.3. The van der Waals surface area contributed by atoms with Crippen LogP contribution in [0, 0.1) is 0 Å². The maximum Gasteiger partial charge on any atom is 0.191 e. The standard InChI is InChI=1S/C23H37N7/c1-3-24-23(26-19-22-11-13-27-28(22)2)25-12-7-8-14-29-15-17-30(18-16-29)20-21-9-5-4-6-10-21/h4-6,9-11,13H,3,7-8,12,14-20H2,1-2H3,(H2,24,25,26). The highest BCUT2D eigenvalue weighted by Crippen LogP contribution is 2.09. The van der Waals surface area contributed by atoms with Crippen LogP contribution in [0.15, 0.2) is 47.6 Å². The first-order valence-electron chi connectivity index (χ1n) is 11.2. The maximum atomic E-state index is 4.66. The molecule has 164 valence electrons. The molecule has 0 unspecified atom stereocenters. The molecule has 3 rings (SSSR count). The molecular weight excluding hydrogens is 374 g/mol. The minimum Gasteiger partial charge on any atom is -0.357 e. The number of nitrogens with one attached hydrogen (secondary N) is 2. The number of unbranched alkanes of at least 4 members (excludes halogenated alkanes) is 1. The molecule has 0 spiro atoms. The number of guanidine groups is 1. The predicted molar refractivity (Wildman–Crippen MR) is 123 cm³/mol. The van der Waals surface area contributed by atoms with E-state index in [0.29, 0.717) is 6.54 Å². The van der Waals surface area contributed by atoms with Crippen molar-refractivity contribution in [2.24, 2.45) is 12.0 Å². The van der Waals surface area contributed by atoms with Crippen LogP contribution in [0.25, 0.3) is 0 Å². The van der Waals surface area contributed by atoms with Gasteiger partial charge in [0.05, 0.1) is 12.2 Å². The van der Waals surface area contributed by atoms with Crippen LogP contribution in [0.3, 0.4) is 0 Å². The molecule has 2 N–H and O–H groups in total. The van der Waals surface area contributed by atoms with E-state index in [1.807, 2.05) is 24.0 Å². The van der Waals surface area contributed by atoms with E-state index in [9.17, 15) is 0 Å². The van der Waals surface area contributed by atoms with Gasteiger partial charge < -0.3 is 15.5 Å². The third kappa shape index (κ3) is 7.46. The molecule has 1 fully saturated rings. The second-order valence-electron chi connectivity index (χ2n) is 7.88. The molecule has 1 aliphatic rings. The summed E-state index contributed by atoms with van der Waals surface area (Å²) in [5.74, 6) is 0.883. The molecule has 2 aromatic rings. The third-order valence-corrected chi connectivity index (χ3v) is 5.57. The Hall–Kier alpha value is -2.38. The summed E-state index contributed by atoms with van der Waals surface area (Å²) in [6, 6.07) is 12.8. The van der Waals surface area contributed by atoms with Crippen molar-refractivity contribution >= 4 is 5.96 Å². The maximum absolute atomic E-state index is 4.66. The third-order valence-electron chi connectivity index (χ3n) is 5.57. The van der Waals surface area contributed by atoms with Crippen LogP contribution >= 0.6 is 0 Å². The molecule has 1 aromatic heterocycles. The molecule has 2 heterocycles. The van der Waals surface area contributed by atoms with Gasteiger partial charge in [-0.1, -0.05) is 30.3 Å². The highest BCUT2D eigenvalue weighted by molar-refractivity contribution is 5.79. The Balaban J connectivity index is 1.28. The van der Waals surface area contributed by atoms with Crippen molar-refractivity contribution < 1.29 is 0 Å². The van der Waals surface area contributed by atoms with E-state index in [1.54, 1.807) is 0 Å². The lowest BCUT2D eigenvalue weighted by Gasteiger charge is -2.34. The SMILES string of the molecule is CCNC(=NCc1ccnn1C)NCCCCN1CCN(Cc2ccccc2)CC1. The van der Waals surface area contributed by atoms with Gasteiger partial charge in [-0.15, -0.1) is 0 Å². The molecule has 7 heteroatoms. The van der Waals surface area contributed by atoms with Crippen molar-refractivity contribution in [1.82, 2.24) is 30.2 Å². The Kier molecular flexibility index (Phi) is 9.18. The molecule has 1 aromatic carbocycles. The molecule has 0 saturated carbocycles. The van der Waals surface area contributed by atoms with Crippen LogP contribution < -0.4 is 10.6 Å². The van der Waals surface area contributed by atoms with Crippen molar-refractivity contribution in [1.29, 1.82) is 0 Å². The zero-order valence-electron chi connectivity index (χ0n) is 18.6. The predicted octanol–water partition coefficient (Wildman–Crippen LogP) is 2.07. The Morgan fingerprint density at radius 3 is 2.47 bits per heavy atom. The highest BCUT2D eigenvalue weighted by atomic mass is 15.3. The summed E-state index contributed by atoms with van der Waals surface area (Å²) in [5, 5.41) is 11.0. The van der Waals surface area contributed by atoms with E-state index in [1.165, 1.54) is 44.7 Å². The van der Waals surface area contributed by atoms with Gasteiger partial charge in [0.2, 0.25) is 0 Å². The molecular formula is C23H37N7. The fourth-order valence-corrected chi connectivity index (χ4v) is 3.74. The summed E-state index contributed by atoms with van der Waals surface area (Å²) in [5.41, 5.74) is 2.53. The fraction of sp³-hybridized carbons (Fsp3) is 0.565. The minimum absolute atomic E-state index is 0.638. The zero-order valence-corrected chi connectivity index (χ0v) is 18.6. The topological polar surface area (TPSA) is 60.7 Å². The van der Waals surface area contributed by atoms with Crippen molar-refractivity contribution in [2.45, 2.75) is 32.9 Å². The van der Waals surface area contributed by atoms with E-state index in [0.717, 1.165) is 37.7 Å². The monoisotopic (exact) mass is 411 g/mol. The zero-order chi connectivity index (χ0) is 21.0. The van der Waals surface area contributed by atoms with Crippen LogP contribution in [0.5, 0.6) is 0 Å². The van der Waals surface area contributed by atoms with E-state index in [4.69, 9.17) is 0 Å². The normalized spacial score (nSPS) is 16.0. The fourth-order valence-electron chi connectivity index (χ4n) is 3.74. The minimum atomic E-state index is 0.638. The summed E-state index contributed by atoms with van der Waals surface area (Å²) in [6.45, 7) is 11.5. The number of aromatic nitrogens is 2. The van der Waals surface area contributed by atoms with Gasteiger partial charge in [-0.3, -0.25) is 9.58 Å². The van der Waals surface area contributed by atoms with Crippen LogP contribution in [0.1, 0.15) is 31.0 Å². The molecule has 7 nitrogen and oxygen atoms in total. The summed E-state index contributed by atoms with van der Waals surface area (Å²) in [7, 11) is 1.95. The van der Waals surface area contributed by atoms with E-state index in [2.05, 4.69) is 67.8 Å². The molecule has 0 atom stereocenters. The quantitative estimate of drug-likeness (QED) is 0.356. The molecule has 0 aliphatic carbocycles. The van der Waals surface area contributed by atoms with Crippen LogP contribution in [0.4, 0.5) is 0 Å². The van der Waals surface area contributed by atoms with Gasteiger partial charge >= 0.3 is 0 Å². The number of aliphatic imine (C=N–C) groups is 1. The lowest BCUT2D eigenvalue weighted by Crippen LogP contribution is -2.46. The first-order chi connectivity index (χ1) is 14.7. The van der Waals surface area contributed by atoms with Gasteiger partial charge in [-0.05, 0) is 37.9 Å². The Morgan fingerprint density at radius 2 is 1.77 bits per heavy atom. The molecule has 1 saturated heterocycles. The van der Waals surface area contributed by atoms with Gasteiger partial charge in [0, 0.05) is 59.1 Å². The number of hydrogen-bond acceptors (Lipinski definition) is 4. The number of benzene rings is 1. The second kappa shape index (κ2) is 12.3. The lowest BCUT2D eigenvalue weighted by molar-refractivity contribution is 0.126.